The number of rotatable bonds is 4. The fraction of sp³-hybridized carbons (Fsp3) is 0.462. The average Bonchev–Trinajstić information content (AvgIpc) is 2.64. The second-order valence-electron chi connectivity index (χ2n) is 4.26. The van der Waals surface area contributed by atoms with E-state index in [2.05, 4.69) is 5.32 Å². The lowest BCUT2D eigenvalue weighted by Crippen LogP contribution is -2.33. The number of hydrogen-bond donors (Lipinski definition) is 2. The highest BCUT2D eigenvalue weighted by Gasteiger charge is 2.31. The van der Waals surface area contributed by atoms with Gasteiger partial charge in [0.1, 0.15) is 0 Å². The first kappa shape index (κ1) is 12.5. The summed E-state index contributed by atoms with van der Waals surface area (Å²) in [6, 6.07) is 7.65. The number of carbonyl (C=O) groups is 1. The molecule has 1 aliphatic carbocycles. The van der Waals surface area contributed by atoms with Crippen molar-refractivity contribution in [2.24, 2.45) is 0 Å². The predicted octanol–water partition coefficient (Wildman–Crippen LogP) is 1.51. The Bertz CT molecular complexity index is 408. The molecule has 2 atom stereocenters. The molecule has 1 aliphatic rings. The Morgan fingerprint density at radius 2 is 2.29 bits per heavy atom. The topological polar surface area (TPSA) is 49.3 Å². The first-order chi connectivity index (χ1) is 8.22. The molecule has 4 heteroatoms. The molecule has 0 radical (unpaired) electrons. The fourth-order valence-corrected chi connectivity index (χ4v) is 2.58. The zero-order valence-electron chi connectivity index (χ0n) is 9.85. The number of nitrogens with one attached hydrogen (secondary N) is 1. The summed E-state index contributed by atoms with van der Waals surface area (Å²) in [5, 5.41) is 12.9. The fourth-order valence-electron chi connectivity index (χ4n) is 2.19. The average molecular weight is 251 g/mol. The highest BCUT2D eigenvalue weighted by molar-refractivity contribution is 7.98. The minimum atomic E-state index is -0.495. The van der Waals surface area contributed by atoms with Crippen LogP contribution in [0.4, 0.5) is 0 Å². The summed E-state index contributed by atoms with van der Waals surface area (Å²) < 4.78 is 0. The van der Waals surface area contributed by atoms with Gasteiger partial charge in [0, 0.05) is 18.6 Å². The van der Waals surface area contributed by atoms with Crippen molar-refractivity contribution < 1.29 is 9.90 Å². The zero-order chi connectivity index (χ0) is 12.3. The van der Waals surface area contributed by atoms with Crippen LogP contribution < -0.4 is 5.32 Å². The van der Waals surface area contributed by atoms with E-state index in [9.17, 15) is 9.90 Å². The van der Waals surface area contributed by atoms with Gasteiger partial charge in [0.15, 0.2) is 0 Å². The van der Waals surface area contributed by atoms with Gasteiger partial charge in [-0.2, -0.15) is 11.8 Å². The van der Waals surface area contributed by atoms with Crippen LogP contribution in [0.2, 0.25) is 0 Å². The van der Waals surface area contributed by atoms with Crippen LogP contribution in [-0.4, -0.2) is 29.1 Å². The SMILES string of the molecule is CSCCC(=O)N[C@H]1c2ccccc2C[C@H]1O. The highest BCUT2D eigenvalue weighted by atomic mass is 32.2. The van der Waals surface area contributed by atoms with Gasteiger partial charge in [-0.05, 0) is 17.4 Å². The van der Waals surface area contributed by atoms with Crippen molar-refractivity contribution >= 4 is 17.7 Å². The summed E-state index contributed by atoms with van der Waals surface area (Å²) >= 11 is 1.65. The molecule has 0 bridgehead atoms. The van der Waals surface area contributed by atoms with Crippen molar-refractivity contribution in [3.05, 3.63) is 35.4 Å². The van der Waals surface area contributed by atoms with Crippen molar-refractivity contribution in [3.63, 3.8) is 0 Å². The largest absolute Gasteiger partial charge is 0.390 e. The number of thioether (sulfide) groups is 1. The Balaban J connectivity index is 2.04. The summed E-state index contributed by atoms with van der Waals surface area (Å²) in [4.78, 5) is 11.7. The third-order valence-corrected chi connectivity index (χ3v) is 3.67. The molecule has 1 aromatic rings. The normalized spacial score (nSPS) is 22.2. The van der Waals surface area contributed by atoms with Gasteiger partial charge in [-0.1, -0.05) is 24.3 Å². The van der Waals surface area contributed by atoms with Gasteiger partial charge in [-0.15, -0.1) is 0 Å². The molecule has 0 saturated heterocycles. The molecule has 0 unspecified atom stereocenters. The second-order valence-corrected chi connectivity index (χ2v) is 5.24. The van der Waals surface area contributed by atoms with Gasteiger partial charge in [0.05, 0.1) is 12.1 Å². The van der Waals surface area contributed by atoms with E-state index in [0.717, 1.165) is 16.9 Å². The molecule has 0 saturated carbocycles. The van der Waals surface area contributed by atoms with Gasteiger partial charge in [0.2, 0.25) is 5.91 Å². The third-order valence-electron chi connectivity index (χ3n) is 3.05. The van der Waals surface area contributed by atoms with E-state index >= 15 is 0 Å². The molecule has 0 aromatic heterocycles. The van der Waals surface area contributed by atoms with Crippen molar-refractivity contribution in [3.8, 4) is 0 Å². The molecule has 0 aliphatic heterocycles. The van der Waals surface area contributed by atoms with E-state index in [1.54, 1.807) is 11.8 Å². The molecule has 92 valence electrons. The molecule has 1 aromatic carbocycles. The number of benzene rings is 1. The zero-order valence-corrected chi connectivity index (χ0v) is 10.7. The van der Waals surface area contributed by atoms with Crippen molar-refractivity contribution in [2.45, 2.75) is 25.0 Å². The lowest BCUT2D eigenvalue weighted by atomic mass is 10.1. The monoisotopic (exact) mass is 251 g/mol. The third kappa shape index (κ3) is 2.82. The maximum absolute atomic E-state index is 11.7. The molecule has 17 heavy (non-hydrogen) atoms. The maximum atomic E-state index is 11.7. The van der Waals surface area contributed by atoms with Crippen LogP contribution in [0.1, 0.15) is 23.6 Å². The van der Waals surface area contributed by atoms with Crippen LogP contribution in [0.5, 0.6) is 0 Å². The summed E-state index contributed by atoms with van der Waals surface area (Å²) in [6.45, 7) is 0. The minimum Gasteiger partial charge on any atom is -0.390 e. The molecule has 0 fully saturated rings. The van der Waals surface area contributed by atoms with Crippen LogP contribution in [0.25, 0.3) is 0 Å². The van der Waals surface area contributed by atoms with E-state index in [4.69, 9.17) is 0 Å². The van der Waals surface area contributed by atoms with E-state index in [-0.39, 0.29) is 11.9 Å². The number of amides is 1. The first-order valence-electron chi connectivity index (χ1n) is 5.76. The van der Waals surface area contributed by atoms with Crippen molar-refractivity contribution in [1.29, 1.82) is 0 Å². The second kappa shape index (κ2) is 5.56. The van der Waals surface area contributed by atoms with Gasteiger partial charge >= 0.3 is 0 Å². The highest BCUT2D eigenvalue weighted by Crippen LogP contribution is 2.31. The number of carbonyl (C=O) groups excluding carboxylic acids is 1. The minimum absolute atomic E-state index is 0.0140. The molecule has 2 rings (SSSR count). The Morgan fingerprint density at radius 3 is 3.06 bits per heavy atom. The summed E-state index contributed by atoms with van der Waals surface area (Å²) in [7, 11) is 0. The van der Waals surface area contributed by atoms with E-state index in [1.165, 1.54) is 0 Å². The van der Waals surface area contributed by atoms with Crippen molar-refractivity contribution in [1.82, 2.24) is 5.32 Å². The van der Waals surface area contributed by atoms with E-state index < -0.39 is 6.10 Å². The Kier molecular flexibility index (Phi) is 4.07. The molecule has 0 heterocycles. The van der Waals surface area contributed by atoms with Crippen LogP contribution in [0.15, 0.2) is 24.3 Å². The molecule has 2 N–H and O–H groups in total. The smallest absolute Gasteiger partial charge is 0.221 e. The lowest BCUT2D eigenvalue weighted by molar-refractivity contribution is -0.122. The first-order valence-corrected chi connectivity index (χ1v) is 7.16. The Morgan fingerprint density at radius 1 is 1.53 bits per heavy atom. The quantitative estimate of drug-likeness (QED) is 0.853. The van der Waals surface area contributed by atoms with Gasteiger partial charge in [-0.3, -0.25) is 4.79 Å². The van der Waals surface area contributed by atoms with Gasteiger partial charge < -0.3 is 10.4 Å². The molecule has 3 nitrogen and oxygen atoms in total. The molecular weight excluding hydrogens is 234 g/mol. The van der Waals surface area contributed by atoms with Crippen LogP contribution in [0.3, 0.4) is 0 Å². The predicted molar refractivity (Wildman–Crippen MR) is 70.0 cm³/mol. The van der Waals surface area contributed by atoms with Crippen LogP contribution in [0, 0.1) is 0 Å². The van der Waals surface area contributed by atoms with Gasteiger partial charge in [-0.25, -0.2) is 0 Å². The van der Waals surface area contributed by atoms with Crippen molar-refractivity contribution in [2.75, 3.05) is 12.0 Å². The molecule has 0 spiro atoms. The van der Waals surface area contributed by atoms with Gasteiger partial charge in [0.25, 0.3) is 0 Å². The van der Waals surface area contributed by atoms with Crippen LogP contribution in [-0.2, 0) is 11.2 Å². The van der Waals surface area contributed by atoms with E-state index in [0.29, 0.717) is 12.8 Å². The standard InChI is InChI=1S/C13H17NO2S/c1-17-7-6-12(16)14-13-10-5-3-2-4-9(10)8-11(13)15/h2-5,11,13,15H,6-8H2,1H3,(H,14,16)/t11-,13+/m1/s1. The van der Waals surface area contributed by atoms with E-state index in [1.807, 2.05) is 30.5 Å². The number of hydrogen-bond acceptors (Lipinski definition) is 3. The lowest BCUT2D eigenvalue weighted by Gasteiger charge is -2.17. The van der Waals surface area contributed by atoms with Crippen LogP contribution >= 0.6 is 11.8 Å². The number of fused-ring (bicyclic) bond motifs is 1. The Hall–Kier alpha value is -1.00. The number of aliphatic hydroxyl groups excluding tert-OH is 1. The Labute approximate surface area is 106 Å². The summed E-state index contributed by atoms with van der Waals surface area (Å²) in [6.07, 6.45) is 2.62. The number of aliphatic hydroxyl groups is 1. The summed E-state index contributed by atoms with van der Waals surface area (Å²) in [5.41, 5.74) is 2.19. The molecular formula is C13H17NO2S. The summed E-state index contributed by atoms with van der Waals surface area (Å²) in [5.74, 6) is 0.830. The maximum Gasteiger partial charge on any atom is 0.221 e. The molecule has 1 amide bonds.